The highest BCUT2D eigenvalue weighted by Gasteiger charge is 2.15. The summed E-state index contributed by atoms with van der Waals surface area (Å²) in [6.45, 7) is 5.62. The molecule has 0 saturated heterocycles. The first kappa shape index (κ1) is 21.4. The van der Waals surface area contributed by atoms with E-state index in [9.17, 15) is 9.59 Å². The first-order valence-electron chi connectivity index (χ1n) is 9.53. The van der Waals surface area contributed by atoms with Gasteiger partial charge < -0.3 is 15.4 Å². The third-order valence-electron chi connectivity index (χ3n) is 4.54. The first-order valence-corrected chi connectivity index (χ1v) is 9.91. The van der Waals surface area contributed by atoms with Gasteiger partial charge in [0.15, 0.2) is 6.10 Å². The number of aryl methyl sites for hydroxylation is 2. The number of amides is 2. The van der Waals surface area contributed by atoms with Gasteiger partial charge in [-0.1, -0.05) is 29.3 Å². The number of carbonyl (C=O) groups excluding carboxylic acids is 2. The molecule has 0 heterocycles. The molecule has 0 aliphatic rings. The van der Waals surface area contributed by atoms with Crippen molar-refractivity contribution in [3.05, 3.63) is 88.4 Å². The smallest absolute Gasteiger partial charge is 0.265 e. The third kappa shape index (κ3) is 5.61. The lowest BCUT2D eigenvalue weighted by Crippen LogP contribution is -2.30. The third-order valence-corrected chi connectivity index (χ3v) is 4.79. The molecule has 0 bridgehead atoms. The van der Waals surface area contributed by atoms with Crippen molar-refractivity contribution in [2.24, 2.45) is 0 Å². The van der Waals surface area contributed by atoms with Gasteiger partial charge in [-0.25, -0.2) is 0 Å². The Morgan fingerprint density at radius 3 is 2.20 bits per heavy atom. The SMILES string of the molecule is Cc1ccc(NC(=O)c2ccc(OC(C)C(=O)Nc3ccc(Cl)cc3)cc2)c(C)c1. The van der Waals surface area contributed by atoms with Crippen LogP contribution in [-0.4, -0.2) is 17.9 Å². The molecule has 3 aromatic carbocycles. The molecule has 0 fully saturated rings. The molecule has 0 radical (unpaired) electrons. The Labute approximate surface area is 181 Å². The molecule has 2 amide bonds. The fourth-order valence-electron chi connectivity index (χ4n) is 2.87. The Balaban J connectivity index is 1.58. The molecule has 2 N–H and O–H groups in total. The zero-order chi connectivity index (χ0) is 21.7. The van der Waals surface area contributed by atoms with Crippen LogP contribution in [0.2, 0.25) is 5.02 Å². The van der Waals surface area contributed by atoms with Gasteiger partial charge in [0.2, 0.25) is 0 Å². The average molecular weight is 423 g/mol. The van der Waals surface area contributed by atoms with Crippen LogP contribution >= 0.6 is 11.6 Å². The summed E-state index contributed by atoms with van der Waals surface area (Å²) in [4.78, 5) is 24.8. The summed E-state index contributed by atoms with van der Waals surface area (Å²) in [6, 6.07) is 19.4. The summed E-state index contributed by atoms with van der Waals surface area (Å²) >= 11 is 5.85. The van der Waals surface area contributed by atoms with Crippen LogP contribution in [-0.2, 0) is 4.79 Å². The monoisotopic (exact) mass is 422 g/mol. The number of ether oxygens (including phenoxy) is 1. The molecule has 0 aliphatic carbocycles. The number of carbonyl (C=O) groups is 2. The Kier molecular flexibility index (Phi) is 6.75. The summed E-state index contributed by atoms with van der Waals surface area (Å²) in [5, 5.41) is 6.27. The molecule has 3 aromatic rings. The normalized spacial score (nSPS) is 11.5. The van der Waals surface area contributed by atoms with Crippen molar-refractivity contribution in [3.63, 3.8) is 0 Å². The van der Waals surface area contributed by atoms with Crippen molar-refractivity contribution in [1.29, 1.82) is 0 Å². The van der Waals surface area contributed by atoms with Gasteiger partial charge in [-0.15, -0.1) is 0 Å². The predicted octanol–water partition coefficient (Wildman–Crippen LogP) is 5.62. The second-order valence-electron chi connectivity index (χ2n) is 7.05. The van der Waals surface area contributed by atoms with Crippen LogP contribution in [0.5, 0.6) is 5.75 Å². The molecule has 3 rings (SSSR count). The topological polar surface area (TPSA) is 67.4 Å². The van der Waals surface area contributed by atoms with Crippen molar-refractivity contribution in [2.45, 2.75) is 26.9 Å². The Hall–Kier alpha value is -3.31. The molecule has 30 heavy (non-hydrogen) atoms. The average Bonchev–Trinajstić information content (AvgIpc) is 2.72. The van der Waals surface area contributed by atoms with E-state index in [0.717, 1.165) is 16.8 Å². The van der Waals surface area contributed by atoms with E-state index in [-0.39, 0.29) is 11.8 Å². The van der Waals surface area contributed by atoms with E-state index in [1.54, 1.807) is 55.5 Å². The van der Waals surface area contributed by atoms with Crippen molar-refractivity contribution in [2.75, 3.05) is 10.6 Å². The first-order chi connectivity index (χ1) is 14.3. The van der Waals surface area contributed by atoms with Crippen LogP contribution in [0.25, 0.3) is 0 Å². The van der Waals surface area contributed by atoms with Crippen LogP contribution in [0.4, 0.5) is 11.4 Å². The number of rotatable bonds is 6. The van der Waals surface area contributed by atoms with Gasteiger partial charge in [-0.3, -0.25) is 9.59 Å². The summed E-state index contributed by atoms with van der Waals surface area (Å²) in [6.07, 6.45) is -0.712. The van der Waals surface area contributed by atoms with E-state index < -0.39 is 6.10 Å². The molecule has 0 aliphatic heterocycles. The van der Waals surface area contributed by atoms with Gasteiger partial charge in [0.25, 0.3) is 11.8 Å². The number of nitrogens with one attached hydrogen (secondary N) is 2. The summed E-state index contributed by atoms with van der Waals surface area (Å²) in [5.74, 6) is 0.00726. The Bertz CT molecular complexity index is 1050. The number of benzene rings is 3. The lowest BCUT2D eigenvalue weighted by Gasteiger charge is -2.15. The molecule has 6 heteroatoms. The maximum absolute atomic E-state index is 12.5. The predicted molar refractivity (Wildman–Crippen MR) is 120 cm³/mol. The van der Waals surface area contributed by atoms with E-state index >= 15 is 0 Å². The quantitative estimate of drug-likeness (QED) is 0.542. The Morgan fingerprint density at radius 2 is 1.57 bits per heavy atom. The van der Waals surface area contributed by atoms with E-state index in [0.29, 0.717) is 22.0 Å². The van der Waals surface area contributed by atoms with E-state index in [1.165, 1.54) is 0 Å². The molecular weight excluding hydrogens is 400 g/mol. The number of halogens is 1. The van der Waals surface area contributed by atoms with Gasteiger partial charge in [0, 0.05) is 22.0 Å². The van der Waals surface area contributed by atoms with E-state index in [1.807, 2.05) is 32.0 Å². The van der Waals surface area contributed by atoms with Gasteiger partial charge >= 0.3 is 0 Å². The van der Waals surface area contributed by atoms with Gasteiger partial charge in [0.05, 0.1) is 0 Å². The lowest BCUT2D eigenvalue weighted by molar-refractivity contribution is -0.122. The number of anilines is 2. The zero-order valence-corrected chi connectivity index (χ0v) is 17.8. The summed E-state index contributed by atoms with van der Waals surface area (Å²) in [5.41, 5.74) is 4.06. The molecule has 0 spiro atoms. The highest BCUT2D eigenvalue weighted by Crippen LogP contribution is 2.19. The molecule has 1 unspecified atom stereocenters. The van der Waals surface area contributed by atoms with Crippen LogP contribution in [0.3, 0.4) is 0 Å². The standard InChI is InChI=1S/C24H23ClN2O3/c1-15-4-13-22(16(2)14-15)27-24(29)18-5-11-21(12-6-18)30-17(3)23(28)26-20-9-7-19(25)8-10-20/h4-14,17H,1-3H3,(H,26,28)(H,27,29). The summed E-state index contributed by atoms with van der Waals surface area (Å²) in [7, 11) is 0. The molecule has 154 valence electrons. The van der Waals surface area contributed by atoms with Crippen molar-refractivity contribution < 1.29 is 14.3 Å². The fourth-order valence-corrected chi connectivity index (χ4v) is 2.99. The minimum absolute atomic E-state index is 0.206. The molecule has 0 aromatic heterocycles. The van der Waals surface area contributed by atoms with Gasteiger partial charge in [-0.2, -0.15) is 0 Å². The molecule has 0 saturated carbocycles. The van der Waals surface area contributed by atoms with Gasteiger partial charge in [-0.05, 0) is 80.9 Å². The highest BCUT2D eigenvalue weighted by atomic mass is 35.5. The summed E-state index contributed by atoms with van der Waals surface area (Å²) < 4.78 is 5.69. The van der Waals surface area contributed by atoms with Crippen molar-refractivity contribution >= 4 is 34.8 Å². The minimum atomic E-state index is -0.712. The fraction of sp³-hybridized carbons (Fsp3) is 0.167. The second kappa shape index (κ2) is 9.46. The number of hydrogen-bond donors (Lipinski definition) is 2. The minimum Gasteiger partial charge on any atom is -0.481 e. The maximum Gasteiger partial charge on any atom is 0.265 e. The molecular formula is C24H23ClN2O3. The van der Waals surface area contributed by atoms with E-state index in [4.69, 9.17) is 16.3 Å². The van der Waals surface area contributed by atoms with Crippen LogP contribution in [0, 0.1) is 13.8 Å². The van der Waals surface area contributed by atoms with Gasteiger partial charge in [0.1, 0.15) is 5.75 Å². The second-order valence-corrected chi connectivity index (χ2v) is 7.49. The lowest BCUT2D eigenvalue weighted by atomic mass is 10.1. The largest absolute Gasteiger partial charge is 0.481 e. The highest BCUT2D eigenvalue weighted by molar-refractivity contribution is 6.30. The molecule has 5 nitrogen and oxygen atoms in total. The maximum atomic E-state index is 12.5. The van der Waals surface area contributed by atoms with E-state index in [2.05, 4.69) is 10.6 Å². The molecule has 1 atom stereocenters. The van der Waals surface area contributed by atoms with Crippen molar-refractivity contribution in [3.8, 4) is 5.75 Å². The van der Waals surface area contributed by atoms with Crippen LogP contribution < -0.4 is 15.4 Å². The van der Waals surface area contributed by atoms with Crippen LogP contribution in [0.15, 0.2) is 66.7 Å². The zero-order valence-electron chi connectivity index (χ0n) is 17.0. The Morgan fingerprint density at radius 1 is 0.900 bits per heavy atom. The van der Waals surface area contributed by atoms with Crippen molar-refractivity contribution in [1.82, 2.24) is 0 Å². The number of hydrogen-bond acceptors (Lipinski definition) is 3. The van der Waals surface area contributed by atoms with Crippen LogP contribution in [0.1, 0.15) is 28.4 Å².